The molecule has 1 aromatic carbocycles. The Hall–Kier alpha value is -1.89. The maximum Gasteiger partial charge on any atom is 0.257 e. The first-order valence-electron chi connectivity index (χ1n) is 6.89. The molecule has 0 aliphatic heterocycles. The third-order valence-corrected chi connectivity index (χ3v) is 3.59. The lowest BCUT2D eigenvalue weighted by Gasteiger charge is -2.17. The fourth-order valence-electron chi connectivity index (χ4n) is 1.86. The smallest absolute Gasteiger partial charge is 0.257 e. The minimum Gasteiger partial charge on any atom is -0.394 e. The molecule has 1 heterocycles. The van der Waals surface area contributed by atoms with E-state index in [9.17, 15) is 9.90 Å². The molecule has 2 aromatic rings. The quantitative estimate of drug-likeness (QED) is 0.718. The van der Waals surface area contributed by atoms with Crippen LogP contribution in [0.3, 0.4) is 0 Å². The van der Waals surface area contributed by atoms with Gasteiger partial charge >= 0.3 is 0 Å². The van der Waals surface area contributed by atoms with E-state index < -0.39 is 5.91 Å². The molecule has 0 aliphatic carbocycles. The number of amides is 1. The van der Waals surface area contributed by atoms with Gasteiger partial charge in [0.1, 0.15) is 11.5 Å². The van der Waals surface area contributed by atoms with Crippen molar-refractivity contribution in [2.75, 3.05) is 17.2 Å². The number of nitrogens with zero attached hydrogens (tertiary/aromatic N) is 2. The molecular formula is C15H16Cl2N4O2. The third-order valence-electron chi connectivity index (χ3n) is 2.99. The van der Waals surface area contributed by atoms with Crippen molar-refractivity contribution in [2.24, 2.45) is 0 Å². The normalized spacial score (nSPS) is 11.9. The molecule has 0 saturated carbocycles. The van der Waals surface area contributed by atoms with E-state index in [0.717, 1.165) is 0 Å². The van der Waals surface area contributed by atoms with Crippen LogP contribution in [0.1, 0.15) is 23.1 Å². The third kappa shape index (κ3) is 4.31. The van der Waals surface area contributed by atoms with Gasteiger partial charge in [0.05, 0.1) is 17.2 Å². The summed E-state index contributed by atoms with van der Waals surface area (Å²) in [6.45, 7) is 3.35. The van der Waals surface area contributed by atoms with Gasteiger partial charge in [-0.2, -0.15) is 0 Å². The van der Waals surface area contributed by atoms with Crippen molar-refractivity contribution in [3.63, 3.8) is 0 Å². The lowest BCUT2D eigenvalue weighted by atomic mass is 10.2. The first-order valence-corrected chi connectivity index (χ1v) is 7.65. The lowest BCUT2D eigenvalue weighted by molar-refractivity contribution is 0.102. The highest BCUT2D eigenvalue weighted by molar-refractivity contribution is 6.35. The van der Waals surface area contributed by atoms with Gasteiger partial charge in [-0.25, -0.2) is 9.97 Å². The topological polar surface area (TPSA) is 87.1 Å². The highest BCUT2D eigenvalue weighted by atomic mass is 35.5. The second-order valence-electron chi connectivity index (χ2n) is 4.95. The van der Waals surface area contributed by atoms with Gasteiger partial charge in [0.2, 0.25) is 0 Å². The van der Waals surface area contributed by atoms with Gasteiger partial charge in [0, 0.05) is 6.04 Å². The molecule has 0 spiro atoms. The highest BCUT2D eigenvalue weighted by Gasteiger charge is 2.18. The first kappa shape index (κ1) is 17.5. The van der Waals surface area contributed by atoms with Crippen LogP contribution in [0, 0.1) is 6.92 Å². The zero-order valence-electron chi connectivity index (χ0n) is 12.6. The number of carbonyl (C=O) groups is 1. The van der Waals surface area contributed by atoms with Crippen molar-refractivity contribution in [1.29, 1.82) is 0 Å². The fraction of sp³-hybridized carbons (Fsp3) is 0.267. The number of benzene rings is 1. The average Bonchev–Trinajstić information content (AvgIpc) is 2.50. The molecule has 0 saturated heterocycles. The maximum absolute atomic E-state index is 12.4. The van der Waals surface area contributed by atoms with E-state index in [1.165, 1.54) is 0 Å². The van der Waals surface area contributed by atoms with Gasteiger partial charge in [0.15, 0.2) is 11.0 Å². The molecule has 23 heavy (non-hydrogen) atoms. The molecule has 0 fully saturated rings. The monoisotopic (exact) mass is 354 g/mol. The predicted molar refractivity (Wildman–Crippen MR) is 91.4 cm³/mol. The maximum atomic E-state index is 12.4. The largest absolute Gasteiger partial charge is 0.394 e. The van der Waals surface area contributed by atoms with E-state index in [2.05, 4.69) is 20.6 Å². The predicted octanol–water partition coefficient (Wildman–Crippen LogP) is 3.14. The van der Waals surface area contributed by atoms with E-state index >= 15 is 0 Å². The van der Waals surface area contributed by atoms with Crippen LogP contribution in [0.5, 0.6) is 0 Å². The van der Waals surface area contributed by atoms with Gasteiger partial charge in [-0.05, 0) is 26.0 Å². The van der Waals surface area contributed by atoms with Crippen molar-refractivity contribution in [1.82, 2.24) is 9.97 Å². The van der Waals surface area contributed by atoms with Crippen molar-refractivity contribution < 1.29 is 9.90 Å². The van der Waals surface area contributed by atoms with Crippen LogP contribution in [0.2, 0.25) is 10.2 Å². The SMILES string of the molecule is Cc1nc(Cl)c(NC(=O)c2ccccc2Cl)c(N[C@H](C)CO)n1. The molecule has 1 aromatic heterocycles. The summed E-state index contributed by atoms with van der Waals surface area (Å²) in [5.41, 5.74) is 0.550. The van der Waals surface area contributed by atoms with E-state index in [1.807, 2.05) is 0 Å². The van der Waals surface area contributed by atoms with Gasteiger partial charge in [0.25, 0.3) is 5.91 Å². The highest BCUT2D eigenvalue weighted by Crippen LogP contribution is 2.29. The van der Waals surface area contributed by atoms with Crippen LogP contribution in [-0.2, 0) is 0 Å². The molecule has 3 N–H and O–H groups in total. The number of carbonyl (C=O) groups excluding carboxylic acids is 1. The zero-order chi connectivity index (χ0) is 17.0. The van der Waals surface area contributed by atoms with Crippen molar-refractivity contribution in [3.8, 4) is 0 Å². The summed E-state index contributed by atoms with van der Waals surface area (Å²) in [5, 5.41) is 15.3. The number of aromatic nitrogens is 2. The van der Waals surface area contributed by atoms with Crippen molar-refractivity contribution in [3.05, 3.63) is 45.8 Å². The first-order chi connectivity index (χ1) is 10.9. The number of anilines is 2. The molecule has 122 valence electrons. The molecule has 0 radical (unpaired) electrons. The van der Waals surface area contributed by atoms with Crippen LogP contribution in [0.4, 0.5) is 11.5 Å². The Bertz CT molecular complexity index is 725. The van der Waals surface area contributed by atoms with Gasteiger partial charge in [-0.1, -0.05) is 35.3 Å². The molecule has 0 unspecified atom stereocenters. The second-order valence-corrected chi connectivity index (χ2v) is 5.71. The van der Waals surface area contributed by atoms with Crippen LogP contribution < -0.4 is 10.6 Å². The molecule has 2 rings (SSSR count). The zero-order valence-corrected chi connectivity index (χ0v) is 14.1. The lowest BCUT2D eigenvalue weighted by Crippen LogP contribution is -2.23. The Morgan fingerprint density at radius 3 is 2.65 bits per heavy atom. The number of aliphatic hydroxyl groups is 1. The Morgan fingerprint density at radius 2 is 2.00 bits per heavy atom. The minimum atomic E-state index is -0.426. The molecule has 0 aliphatic rings. The molecular weight excluding hydrogens is 339 g/mol. The summed E-state index contributed by atoms with van der Waals surface area (Å²) in [6.07, 6.45) is 0. The minimum absolute atomic E-state index is 0.0986. The number of halogens is 2. The van der Waals surface area contributed by atoms with Crippen LogP contribution in [0.25, 0.3) is 0 Å². The van der Waals surface area contributed by atoms with E-state index in [4.69, 9.17) is 23.2 Å². The number of nitrogens with one attached hydrogen (secondary N) is 2. The van der Waals surface area contributed by atoms with E-state index in [0.29, 0.717) is 22.2 Å². The number of aryl methyl sites for hydroxylation is 1. The Balaban J connectivity index is 2.35. The summed E-state index contributed by atoms with van der Waals surface area (Å²) in [4.78, 5) is 20.7. The Kier molecular flexibility index (Phi) is 5.76. The molecule has 1 atom stereocenters. The van der Waals surface area contributed by atoms with Crippen molar-refractivity contribution in [2.45, 2.75) is 19.9 Å². The standard InChI is InChI=1S/C15H16Cl2N4O2/c1-8(7-22)18-14-12(13(17)19-9(2)20-14)21-15(23)10-5-3-4-6-11(10)16/h3-6,8,22H,7H2,1-2H3,(H,21,23)(H,18,19,20)/t8-/m1/s1. The van der Waals surface area contributed by atoms with E-state index in [1.54, 1.807) is 38.1 Å². The summed E-state index contributed by atoms with van der Waals surface area (Å²) in [7, 11) is 0. The Morgan fingerprint density at radius 1 is 1.30 bits per heavy atom. The molecule has 6 nitrogen and oxygen atoms in total. The van der Waals surface area contributed by atoms with E-state index in [-0.39, 0.29) is 23.5 Å². The van der Waals surface area contributed by atoms with Crippen LogP contribution >= 0.6 is 23.2 Å². The summed E-state index contributed by atoms with van der Waals surface area (Å²) < 4.78 is 0. The number of aliphatic hydroxyl groups excluding tert-OH is 1. The van der Waals surface area contributed by atoms with Gasteiger partial charge < -0.3 is 15.7 Å². The number of hydrogen-bond acceptors (Lipinski definition) is 5. The molecule has 0 bridgehead atoms. The number of rotatable bonds is 5. The summed E-state index contributed by atoms with van der Waals surface area (Å²) >= 11 is 12.2. The Labute approximate surface area is 143 Å². The molecule has 1 amide bonds. The van der Waals surface area contributed by atoms with Crippen molar-refractivity contribution >= 4 is 40.6 Å². The number of hydrogen-bond donors (Lipinski definition) is 3. The molecule has 8 heteroatoms. The van der Waals surface area contributed by atoms with Gasteiger partial charge in [-0.15, -0.1) is 0 Å². The summed E-state index contributed by atoms with van der Waals surface area (Å²) in [5.74, 6) is 0.354. The average molecular weight is 355 g/mol. The van der Waals surface area contributed by atoms with Gasteiger partial charge in [-0.3, -0.25) is 4.79 Å². The fourth-order valence-corrected chi connectivity index (χ4v) is 2.34. The van der Waals surface area contributed by atoms with Crippen LogP contribution in [-0.4, -0.2) is 33.6 Å². The van der Waals surface area contributed by atoms with Crippen LogP contribution in [0.15, 0.2) is 24.3 Å². The second kappa shape index (κ2) is 7.59. The summed E-state index contributed by atoms with van der Waals surface area (Å²) in [6, 6.07) is 6.40.